The lowest BCUT2D eigenvalue weighted by Gasteiger charge is -2.39. The molecule has 3 rings (SSSR count). The van der Waals surface area contributed by atoms with Crippen molar-refractivity contribution in [2.45, 2.75) is 44.6 Å². The lowest BCUT2D eigenvalue weighted by atomic mass is 9.74. The summed E-state index contributed by atoms with van der Waals surface area (Å²) >= 11 is 0. The standard InChI is InChI=1S/C16H21NO/c18-16-14(10-12-6-2-1-3-7-12)11-13-8-4-5-9-15(13)17-16/h1-3,6-7,13-15H,4-5,8-11H2,(H,17,18). The molecule has 0 spiro atoms. The summed E-state index contributed by atoms with van der Waals surface area (Å²) in [7, 11) is 0. The van der Waals surface area contributed by atoms with E-state index < -0.39 is 0 Å². The fourth-order valence-electron chi connectivity index (χ4n) is 3.53. The summed E-state index contributed by atoms with van der Waals surface area (Å²) in [6.07, 6.45) is 7.10. The van der Waals surface area contributed by atoms with Gasteiger partial charge in [-0.15, -0.1) is 0 Å². The Bertz CT molecular complexity index is 414. The van der Waals surface area contributed by atoms with Crippen LogP contribution in [-0.2, 0) is 11.2 Å². The average Bonchev–Trinajstić information content (AvgIpc) is 2.41. The Labute approximate surface area is 109 Å². The Morgan fingerprint density at radius 1 is 1.11 bits per heavy atom. The van der Waals surface area contributed by atoms with Crippen LogP contribution < -0.4 is 5.32 Å². The molecule has 1 aromatic carbocycles. The van der Waals surface area contributed by atoms with Gasteiger partial charge in [0.25, 0.3) is 0 Å². The molecule has 3 unspecified atom stereocenters. The maximum atomic E-state index is 12.1. The molecule has 0 radical (unpaired) electrons. The van der Waals surface area contributed by atoms with Crippen molar-refractivity contribution < 1.29 is 4.79 Å². The fourth-order valence-corrected chi connectivity index (χ4v) is 3.53. The minimum absolute atomic E-state index is 0.187. The number of rotatable bonds is 2. The molecule has 1 aliphatic carbocycles. The summed E-state index contributed by atoms with van der Waals surface area (Å²) in [5.74, 6) is 1.19. The number of nitrogens with one attached hydrogen (secondary N) is 1. The van der Waals surface area contributed by atoms with Gasteiger partial charge in [-0.1, -0.05) is 43.2 Å². The highest BCUT2D eigenvalue weighted by Gasteiger charge is 2.36. The van der Waals surface area contributed by atoms with E-state index in [1.807, 2.05) is 6.07 Å². The first-order chi connectivity index (χ1) is 8.83. The van der Waals surface area contributed by atoms with E-state index in [9.17, 15) is 4.79 Å². The minimum Gasteiger partial charge on any atom is -0.353 e. The van der Waals surface area contributed by atoms with Crippen molar-refractivity contribution in [1.29, 1.82) is 0 Å². The number of carbonyl (C=O) groups is 1. The number of hydrogen-bond acceptors (Lipinski definition) is 1. The predicted molar refractivity (Wildman–Crippen MR) is 72.1 cm³/mol. The van der Waals surface area contributed by atoms with Gasteiger partial charge >= 0.3 is 0 Å². The van der Waals surface area contributed by atoms with Gasteiger partial charge < -0.3 is 5.32 Å². The number of hydrogen-bond donors (Lipinski definition) is 1. The summed E-state index contributed by atoms with van der Waals surface area (Å²) in [5.41, 5.74) is 1.28. The van der Waals surface area contributed by atoms with Crippen LogP contribution >= 0.6 is 0 Å². The second kappa shape index (κ2) is 5.13. The Kier molecular flexibility index (Phi) is 3.35. The number of fused-ring (bicyclic) bond motifs is 1. The number of piperidine rings is 1. The van der Waals surface area contributed by atoms with Crippen LogP contribution in [0.15, 0.2) is 30.3 Å². The van der Waals surface area contributed by atoms with Gasteiger partial charge in [0.05, 0.1) is 0 Å². The zero-order valence-corrected chi connectivity index (χ0v) is 10.8. The summed E-state index contributed by atoms with van der Waals surface area (Å²) < 4.78 is 0. The second-order valence-electron chi connectivity index (χ2n) is 5.78. The molecule has 2 fully saturated rings. The van der Waals surface area contributed by atoms with Crippen LogP contribution in [0.25, 0.3) is 0 Å². The Balaban J connectivity index is 1.67. The lowest BCUT2D eigenvalue weighted by molar-refractivity contribution is -0.129. The molecule has 3 atom stereocenters. The molecule has 1 aromatic rings. The predicted octanol–water partition coefficient (Wildman–Crippen LogP) is 2.92. The molecule has 1 heterocycles. The highest BCUT2D eigenvalue weighted by Crippen LogP contribution is 2.34. The Morgan fingerprint density at radius 2 is 1.89 bits per heavy atom. The molecule has 2 nitrogen and oxygen atoms in total. The average molecular weight is 243 g/mol. The first-order valence-electron chi connectivity index (χ1n) is 7.17. The van der Waals surface area contributed by atoms with Gasteiger partial charge in [-0.05, 0) is 37.2 Å². The van der Waals surface area contributed by atoms with Crippen LogP contribution in [-0.4, -0.2) is 11.9 Å². The molecule has 0 bridgehead atoms. The Morgan fingerprint density at radius 3 is 2.72 bits per heavy atom. The van der Waals surface area contributed by atoms with Crippen molar-refractivity contribution in [2.24, 2.45) is 11.8 Å². The van der Waals surface area contributed by atoms with E-state index in [0.717, 1.165) is 18.8 Å². The molecule has 2 heteroatoms. The van der Waals surface area contributed by atoms with Crippen LogP contribution in [0.3, 0.4) is 0 Å². The molecular formula is C16H21NO. The molecule has 0 aromatic heterocycles. The third kappa shape index (κ3) is 2.43. The van der Waals surface area contributed by atoms with Crippen molar-refractivity contribution in [3.05, 3.63) is 35.9 Å². The highest BCUT2D eigenvalue weighted by atomic mass is 16.2. The van der Waals surface area contributed by atoms with E-state index in [4.69, 9.17) is 0 Å². The van der Waals surface area contributed by atoms with Gasteiger partial charge in [0.2, 0.25) is 5.91 Å². The van der Waals surface area contributed by atoms with Gasteiger partial charge in [0, 0.05) is 12.0 Å². The molecule has 1 saturated heterocycles. The molecular weight excluding hydrogens is 222 g/mol. The second-order valence-corrected chi connectivity index (χ2v) is 5.78. The van der Waals surface area contributed by atoms with E-state index in [1.165, 1.54) is 31.2 Å². The zero-order valence-electron chi connectivity index (χ0n) is 10.8. The lowest BCUT2D eigenvalue weighted by Crippen LogP contribution is -2.51. The zero-order chi connectivity index (χ0) is 12.4. The van der Waals surface area contributed by atoms with Crippen LogP contribution in [0, 0.1) is 11.8 Å². The van der Waals surface area contributed by atoms with E-state index >= 15 is 0 Å². The molecule has 96 valence electrons. The third-order valence-corrected chi connectivity index (χ3v) is 4.52. The quantitative estimate of drug-likeness (QED) is 0.850. The van der Waals surface area contributed by atoms with Gasteiger partial charge in [0.15, 0.2) is 0 Å². The summed E-state index contributed by atoms with van der Waals surface area (Å²) in [5, 5.41) is 3.25. The van der Waals surface area contributed by atoms with Crippen molar-refractivity contribution in [2.75, 3.05) is 0 Å². The third-order valence-electron chi connectivity index (χ3n) is 4.52. The highest BCUT2D eigenvalue weighted by molar-refractivity contribution is 5.80. The number of benzene rings is 1. The normalized spacial score (nSPS) is 31.6. The van der Waals surface area contributed by atoms with Crippen LogP contribution in [0.4, 0.5) is 0 Å². The number of amides is 1. The van der Waals surface area contributed by atoms with E-state index in [0.29, 0.717) is 6.04 Å². The van der Waals surface area contributed by atoms with Gasteiger partial charge in [-0.3, -0.25) is 4.79 Å². The summed E-state index contributed by atoms with van der Waals surface area (Å²) in [6, 6.07) is 10.9. The minimum atomic E-state index is 0.187. The molecule has 18 heavy (non-hydrogen) atoms. The van der Waals surface area contributed by atoms with Crippen molar-refractivity contribution in [3.63, 3.8) is 0 Å². The van der Waals surface area contributed by atoms with Crippen LogP contribution in [0.5, 0.6) is 0 Å². The molecule has 1 N–H and O–H groups in total. The van der Waals surface area contributed by atoms with E-state index in [2.05, 4.69) is 29.6 Å². The van der Waals surface area contributed by atoms with Gasteiger partial charge in [-0.2, -0.15) is 0 Å². The Hall–Kier alpha value is -1.31. The first-order valence-corrected chi connectivity index (χ1v) is 7.17. The van der Waals surface area contributed by atoms with Crippen LogP contribution in [0.2, 0.25) is 0 Å². The van der Waals surface area contributed by atoms with E-state index in [-0.39, 0.29) is 11.8 Å². The van der Waals surface area contributed by atoms with E-state index in [1.54, 1.807) is 0 Å². The molecule has 1 amide bonds. The maximum Gasteiger partial charge on any atom is 0.223 e. The topological polar surface area (TPSA) is 29.1 Å². The first kappa shape index (κ1) is 11.8. The fraction of sp³-hybridized carbons (Fsp3) is 0.562. The molecule has 1 aliphatic heterocycles. The monoisotopic (exact) mass is 243 g/mol. The van der Waals surface area contributed by atoms with Gasteiger partial charge in [0.1, 0.15) is 0 Å². The molecule has 2 aliphatic rings. The van der Waals surface area contributed by atoms with Crippen LogP contribution in [0.1, 0.15) is 37.7 Å². The smallest absolute Gasteiger partial charge is 0.223 e. The van der Waals surface area contributed by atoms with Gasteiger partial charge in [-0.25, -0.2) is 0 Å². The maximum absolute atomic E-state index is 12.1. The van der Waals surface area contributed by atoms with Crippen molar-refractivity contribution in [1.82, 2.24) is 5.32 Å². The van der Waals surface area contributed by atoms with Crippen molar-refractivity contribution in [3.8, 4) is 0 Å². The SMILES string of the molecule is O=C1NC2CCCCC2CC1Cc1ccccc1. The largest absolute Gasteiger partial charge is 0.353 e. The van der Waals surface area contributed by atoms with Crippen molar-refractivity contribution >= 4 is 5.91 Å². The molecule has 1 saturated carbocycles. The number of carbonyl (C=O) groups excluding carboxylic acids is 1. The summed E-state index contributed by atoms with van der Waals surface area (Å²) in [6.45, 7) is 0. The summed E-state index contributed by atoms with van der Waals surface area (Å²) in [4.78, 5) is 12.1.